The Bertz CT molecular complexity index is 1450. The Kier molecular flexibility index (Phi) is 4.72. The molecule has 0 saturated carbocycles. The van der Waals surface area contributed by atoms with Crippen LogP contribution < -0.4 is 0 Å². The molecule has 150 valence electrons. The zero-order valence-corrected chi connectivity index (χ0v) is 17.0. The first-order valence-corrected chi connectivity index (χ1v) is 9.94. The molecule has 0 spiro atoms. The number of nitrogens with zero attached hydrogens (tertiary/aromatic N) is 4. The number of hydrogen-bond acceptors (Lipinski definition) is 4. The van der Waals surface area contributed by atoms with E-state index in [1.165, 1.54) is 0 Å². The van der Waals surface area contributed by atoms with E-state index in [9.17, 15) is 0 Å². The lowest BCUT2D eigenvalue weighted by Crippen LogP contribution is -1.83. The van der Waals surface area contributed by atoms with Crippen molar-refractivity contribution in [3.63, 3.8) is 0 Å². The third-order valence-electron chi connectivity index (χ3n) is 5.23. The highest BCUT2D eigenvalue weighted by Gasteiger charge is 2.15. The number of hydrogen-bond donors (Lipinski definition) is 2. The van der Waals surface area contributed by atoms with Crippen molar-refractivity contribution < 1.29 is 0 Å². The molecule has 0 radical (unpaired) electrons. The van der Waals surface area contributed by atoms with Crippen LogP contribution in [-0.4, -0.2) is 31.9 Å². The van der Waals surface area contributed by atoms with Gasteiger partial charge in [0.25, 0.3) is 0 Å². The molecule has 2 N–H and O–H groups in total. The summed E-state index contributed by atoms with van der Waals surface area (Å²) in [5, 5.41) is 9.77. The van der Waals surface area contributed by atoms with Gasteiger partial charge in [0.05, 0.1) is 11.2 Å². The maximum atomic E-state index is 4.59. The van der Waals surface area contributed by atoms with Crippen molar-refractivity contribution in [3.8, 4) is 22.5 Å². The summed E-state index contributed by atoms with van der Waals surface area (Å²) in [4.78, 5) is 16.1. The van der Waals surface area contributed by atoms with Crippen molar-refractivity contribution in [1.29, 1.82) is 0 Å². The highest BCUT2D eigenvalue weighted by atomic mass is 15.1. The number of rotatable bonds is 5. The summed E-state index contributed by atoms with van der Waals surface area (Å²) < 4.78 is 0. The average molecular weight is 404 g/mol. The van der Waals surface area contributed by atoms with Gasteiger partial charge < -0.3 is 4.98 Å². The Morgan fingerprint density at radius 3 is 2.84 bits per heavy atom. The lowest BCUT2D eigenvalue weighted by atomic mass is 10.0. The van der Waals surface area contributed by atoms with Crippen molar-refractivity contribution in [1.82, 2.24) is 25.1 Å². The van der Waals surface area contributed by atoms with Gasteiger partial charge in [-0.1, -0.05) is 24.3 Å². The topological polar surface area (TPSA) is 82.6 Å². The van der Waals surface area contributed by atoms with Crippen LogP contribution in [0.1, 0.15) is 12.5 Å². The second-order valence-corrected chi connectivity index (χ2v) is 7.15. The standard InChI is InChI=1S/C25H20N6/c1-3-5-17(14-26-2)16-7-8-22-21(12-16)24(31-30-22)23-13-20-19(9-11-28-25(20)29-23)18-6-4-10-27-15-18/h3-15H,2H2,1H3,(H,28,29)(H,30,31)/b5-3-,17-14+. The minimum atomic E-state index is 0.814. The lowest BCUT2D eigenvalue weighted by Gasteiger charge is -2.02. The summed E-state index contributed by atoms with van der Waals surface area (Å²) in [6.45, 7) is 5.57. The molecule has 1 aromatic carbocycles. The van der Waals surface area contributed by atoms with E-state index in [4.69, 9.17) is 0 Å². The van der Waals surface area contributed by atoms with E-state index >= 15 is 0 Å². The fourth-order valence-corrected chi connectivity index (χ4v) is 3.82. The van der Waals surface area contributed by atoms with E-state index in [0.29, 0.717) is 0 Å². The normalized spacial score (nSPS) is 12.2. The second-order valence-electron chi connectivity index (χ2n) is 7.15. The SMILES string of the molecule is C=N/C=C(\C=C/C)c1ccc2[nH]nc(-c3cc4c(-c5cccnc5)ccnc4[nH]3)c2c1. The van der Waals surface area contributed by atoms with Gasteiger partial charge in [0.15, 0.2) is 0 Å². The molecule has 4 aromatic heterocycles. The van der Waals surface area contributed by atoms with Gasteiger partial charge in [-0.15, -0.1) is 0 Å². The van der Waals surface area contributed by atoms with Gasteiger partial charge in [0.2, 0.25) is 0 Å². The molecule has 5 aromatic rings. The number of aromatic nitrogens is 5. The summed E-state index contributed by atoms with van der Waals surface area (Å²) in [7, 11) is 0. The molecule has 0 amide bonds. The molecule has 5 rings (SSSR count). The van der Waals surface area contributed by atoms with Crippen molar-refractivity contribution in [2.75, 3.05) is 0 Å². The Morgan fingerprint density at radius 1 is 1.10 bits per heavy atom. The molecule has 0 aliphatic carbocycles. The van der Waals surface area contributed by atoms with E-state index in [0.717, 1.165) is 55.6 Å². The Hall–Kier alpha value is -4.32. The van der Waals surface area contributed by atoms with E-state index in [1.54, 1.807) is 12.4 Å². The van der Waals surface area contributed by atoms with Crippen molar-refractivity contribution in [3.05, 3.63) is 85.0 Å². The average Bonchev–Trinajstić information content (AvgIpc) is 3.42. The van der Waals surface area contributed by atoms with Gasteiger partial charge in [0, 0.05) is 41.1 Å². The van der Waals surface area contributed by atoms with Crippen molar-refractivity contribution in [2.45, 2.75) is 6.92 Å². The van der Waals surface area contributed by atoms with Crippen LogP contribution in [0.2, 0.25) is 0 Å². The van der Waals surface area contributed by atoms with Crippen LogP contribution in [0.4, 0.5) is 0 Å². The number of allylic oxidation sites excluding steroid dienone is 3. The maximum absolute atomic E-state index is 4.59. The van der Waals surface area contributed by atoms with Crippen LogP contribution in [0.3, 0.4) is 0 Å². The van der Waals surface area contributed by atoms with Gasteiger partial charge in [-0.25, -0.2) is 4.98 Å². The minimum Gasteiger partial charge on any atom is -0.338 e. The van der Waals surface area contributed by atoms with Crippen LogP contribution in [-0.2, 0) is 0 Å². The lowest BCUT2D eigenvalue weighted by molar-refractivity contribution is 1.12. The monoisotopic (exact) mass is 404 g/mol. The number of aliphatic imine (C=N–C) groups is 1. The van der Waals surface area contributed by atoms with Crippen molar-refractivity contribution in [2.24, 2.45) is 4.99 Å². The smallest absolute Gasteiger partial charge is 0.138 e. The molecule has 6 heteroatoms. The summed E-state index contributed by atoms with van der Waals surface area (Å²) in [5.74, 6) is 0. The van der Waals surface area contributed by atoms with Gasteiger partial charge in [0.1, 0.15) is 11.3 Å². The van der Waals surface area contributed by atoms with Gasteiger partial charge >= 0.3 is 0 Å². The molecule has 0 atom stereocenters. The highest BCUT2D eigenvalue weighted by Crippen LogP contribution is 2.33. The summed E-state index contributed by atoms with van der Waals surface area (Å²) in [6, 6.07) is 14.3. The van der Waals surface area contributed by atoms with Gasteiger partial charge in [-0.2, -0.15) is 5.10 Å². The van der Waals surface area contributed by atoms with Crippen LogP contribution in [0.25, 0.3) is 50.0 Å². The Labute approximate surface area is 179 Å². The number of H-pyrrole nitrogens is 2. The molecule has 0 saturated heterocycles. The fourth-order valence-electron chi connectivity index (χ4n) is 3.82. The molecule has 6 nitrogen and oxygen atoms in total. The van der Waals surface area contributed by atoms with Crippen LogP contribution in [0.15, 0.2) is 84.4 Å². The summed E-state index contributed by atoms with van der Waals surface area (Å²) >= 11 is 0. The predicted octanol–water partition coefficient (Wildman–Crippen LogP) is 5.79. The van der Waals surface area contributed by atoms with E-state index in [2.05, 4.69) is 55.1 Å². The molecular formula is C25H20N6. The first-order valence-electron chi connectivity index (χ1n) is 9.94. The Balaban J connectivity index is 1.67. The highest BCUT2D eigenvalue weighted by molar-refractivity contribution is 6.00. The first-order chi connectivity index (χ1) is 15.3. The molecular weight excluding hydrogens is 384 g/mol. The Morgan fingerprint density at radius 2 is 2.03 bits per heavy atom. The summed E-state index contributed by atoms with van der Waals surface area (Å²) in [6.07, 6.45) is 11.2. The summed E-state index contributed by atoms with van der Waals surface area (Å²) in [5.41, 5.74) is 7.69. The largest absolute Gasteiger partial charge is 0.338 e. The molecule has 0 unspecified atom stereocenters. The molecule has 0 fully saturated rings. The van der Waals surface area contributed by atoms with Gasteiger partial charge in [-0.3, -0.25) is 15.1 Å². The number of pyridine rings is 2. The van der Waals surface area contributed by atoms with E-state index in [1.807, 2.05) is 55.7 Å². The molecule has 0 aliphatic heterocycles. The quantitative estimate of drug-likeness (QED) is 0.287. The molecule has 31 heavy (non-hydrogen) atoms. The van der Waals surface area contributed by atoms with E-state index < -0.39 is 0 Å². The predicted molar refractivity (Wildman–Crippen MR) is 127 cm³/mol. The van der Waals surface area contributed by atoms with Crippen LogP contribution in [0, 0.1) is 0 Å². The number of nitrogens with one attached hydrogen (secondary N) is 2. The van der Waals surface area contributed by atoms with E-state index in [-0.39, 0.29) is 0 Å². The third-order valence-corrected chi connectivity index (χ3v) is 5.23. The third kappa shape index (κ3) is 3.34. The fraction of sp³-hybridized carbons (Fsp3) is 0.0400. The number of fused-ring (bicyclic) bond motifs is 2. The second kappa shape index (κ2) is 7.84. The minimum absolute atomic E-state index is 0.814. The van der Waals surface area contributed by atoms with Gasteiger partial charge in [-0.05, 0) is 60.7 Å². The maximum Gasteiger partial charge on any atom is 0.138 e. The van der Waals surface area contributed by atoms with Crippen LogP contribution in [0.5, 0.6) is 0 Å². The number of benzene rings is 1. The first kappa shape index (κ1) is 18.7. The van der Waals surface area contributed by atoms with Crippen molar-refractivity contribution >= 4 is 34.2 Å². The zero-order valence-electron chi connectivity index (χ0n) is 17.0. The molecule has 4 heterocycles. The molecule has 0 aliphatic rings. The zero-order chi connectivity index (χ0) is 21.2. The number of aromatic amines is 2. The van der Waals surface area contributed by atoms with Crippen LogP contribution >= 0.6 is 0 Å². The molecule has 0 bridgehead atoms.